The van der Waals surface area contributed by atoms with Gasteiger partial charge in [-0.2, -0.15) is 5.10 Å². The molecule has 0 fully saturated rings. The minimum atomic E-state index is -0.407. The van der Waals surface area contributed by atoms with E-state index in [1.807, 2.05) is 0 Å². The number of hydrogen-bond donors (Lipinski definition) is 2. The van der Waals surface area contributed by atoms with Crippen molar-refractivity contribution in [2.75, 3.05) is 0 Å². The van der Waals surface area contributed by atoms with Crippen molar-refractivity contribution in [2.45, 2.75) is 0 Å². The quantitative estimate of drug-likeness (QED) is 0.595. The lowest BCUT2D eigenvalue weighted by atomic mass is 10.4. The Morgan fingerprint density at radius 3 is 2.67 bits per heavy atom. The summed E-state index contributed by atoms with van der Waals surface area (Å²) < 4.78 is 2.37. The van der Waals surface area contributed by atoms with Gasteiger partial charge in [-0.15, -0.1) is 0 Å². The number of hydrogen-bond acceptors (Lipinski definition) is 4. The highest BCUT2D eigenvalue weighted by Crippen LogP contribution is 2.14. The van der Waals surface area contributed by atoms with Gasteiger partial charge < -0.3 is 4.98 Å². The molecule has 3 heterocycles. The Labute approximate surface area is 99.9 Å². The van der Waals surface area contributed by atoms with Gasteiger partial charge in [0.2, 0.25) is 0 Å². The largest absolute Gasteiger partial charge is 0.332 e. The predicted octanol–water partition coefficient (Wildman–Crippen LogP) is -0.650. The minimum Gasteiger partial charge on any atom is -0.331 e. The molecule has 92 valence electrons. The van der Waals surface area contributed by atoms with Crippen LogP contribution in [0.2, 0.25) is 0 Å². The van der Waals surface area contributed by atoms with Crippen molar-refractivity contribution in [1.82, 2.24) is 29.3 Å². The summed E-state index contributed by atoms with van der Waals surface area (Å²) in [6.45, 7) is 0. The normalized spacial score (nSPS) is 11.2. The van der Waals surface area contributed by atoms with Gasteiger partial charge in [0, 0.05) is 20.3 Å². The molecule has 0 bridgehead atoms. The Hall–Kier alpha value is -2.64. The number of aromatic nitrogens is 6. The van der Waals surface area contributed by atoms with Gasteiger partial charge in [0.25, 0.3) is 5.56 Å². The van der Waals surface area contributed by atoms with E-state index in [4.69, 9.17) is 0 Å². The molecule has 0 spiro atoms. The first-order valence-corrected chi connectivity index (χ1v) is 5.25. The Bertz CT molecular complexity index is 836. The third-order valence-electron chi connectivity index (χ3n) is 2.85. The average molecular weight is 246 g/mol. The summed E-state index contributed by atoms with van der Waals surface area (Å²) in [5.74, 6) is 0.473. The lowest BCUT2D eigenvalue weighted by molar-refractivity contribution is 0.709. The number of aryl methyl sites for hydroxylation is 1. The maximum atomic E-state index is 11.9. The van der Waals surface area contributed by atoms with Gasteiger partial charge in [0.1, 0.15) is 11.2 Å². The van der Waals surface area contributed by atoms with Crippen molar-refractivity contribution in [2.24, 2.45) is 14.1 Å². The zero-order valence-corrected chi connectivity index (χ0v) is 9.76. The third-order valence-corrected chi connectivity index (χ3v) is 2.85. The van der Waals surface area contributed by atoms with E-state index in [1.54, 1.807) is 19.3 Å². The summed E-state index contributed by atoms with van der Waals surface area (Å²) in [6, 6.07) is 1.72. The number of nitrogens with zero attached hydrogens (tertiary/aromatic N) is 4. The average Bonchev–Trinajstić information content (AvgIpc) is 3.01. The van der Waals surface area contributed by atoms with E-state index in [0.29, 0.717) is 22.7 Å². The molecule has 3 aromatic rings. The molecule has 0 amide bonds. The molecule has 0 saturated carbocycles. The minimum absolute atomic E-state index is 0.296. The van der Waals surface area contributed by atoms with E-state index in [9.17, 15) is 9.59 Å². The van der Waals surface area contributed by atoms with Gasteiger partial charge in [0.15, 0.2) is 11.5 Å². The predicted molar refractivity (Wildman–Crippen MR) is 64.2 cm³/mol. The Kier molecular flexibility index (Phi) is 2.00. The van der Waals surface area contributed by atoms with Crippen molar-refractivity contribution < 1.29 is 0 Å². The SMILES string of the molecule is Cn1c(=O)c2[nH]c(-c3ccn[nH]3)nc2n(C)c1=O. The molecular weight excluding hydrogens is 236 g/mol. The summed E-state index contributed by atoms with van der Waals surface area (Å²) in [7, 11) is 3.00. The van der Waals surface area contributed by atoms with Crippen LogP contribution in [-0.2, 0) is 14.1 Å². The second kappa shape index (κ2) is 3.42. The number of aromatic amines is 2. The van der Waals surface area contributed by atoms with E-state index >= 15 is 0 Å². The molecule has 3 aromatic heterocycles. The highest BCUT2D eigenvalue weighted by molar-refractivity contribution is 5.74. The Morgan fingerprint density at radius 1 is 1.22 bits per heavy atom. The molecule has 8 heteroatoms. The summed E-state index contributed by atoms with van der Waals surface area (Å²) in [6.07, 6.45) is 1.58. The Morgan fingerprint density at radius 2 is 2.00 bits per heavy atom. The van der Waals surface area contributed by atoms with Crippen LogP contribution in [-0.4, -0.2) is 29.3 Å². The molecule has 8 nitrogen and oxygen atoms in total. The number of nitrogens with one attached hydrogen (secondary N) is 2. The molecule has 0 aliphatic carbocycles. The second-order valence-electron chi connectivity index (χ2n) is 3.96. The fourth-order valence-electron chi connectivity index (χ4n) is 1.84. The fraction of sp³-hybridized carbons (Fsp3) is 0.200. The van der Waals surface area contributed by atoms with Crippen molar-refractivity contribution >= 4 is 11.2 Å². The fourth-order valence-corrected chi connectivity index (χ4v) is 1.84. The van der Waals surface area contributed by atoms with Crippen LogP contribution in [0.15, 0.2) is 21.9 Å². The van der Waals surface area contributed by atoms with Crippen LogP contribution in [0.5, 0.6) is 0 Å². The zero-order chi connectivity index (χ0) is 12.9. The van der Waals surface area contributed by atoms with Gasteiger partial charge >= 0.3 is 5.69 Å². The highest BCUT2D eigenvalue weighted by atomic mass is 16.2. The first-order chi connectivity index (χ1) is 8.59. The maximum Gasteiger partial charge on any atom is 0.332 e. The van der Waals surface area contributed by atoms with Crippen molar-refractivity contribution in [3.63, 3.8) is 0 Å². The van der Waals surface area contributed by atoms with Crippen molar-refractivity contribution in [3.05, 3.63) is 33.1 Å². The summed E-state index contributed by atoms with van der Waals surface area (Å²) in [5.41, 5.74) is 0.471. The molecule has 3 rings (SSSR count). The first-order valence-electron chi connectivity index (χ1n) is 5.25. The van der Waals surface area contributed by atoms with E-state index in [0.717, 1.165) is 4.57 Å². The van der Waals surface area contributed by atoms with Crippen molar-refractivity contribution in [3.8, 4) is 11.5 Å². The van der Waals surface area contributed by atoms with Gasteiger partial charge in [-0.3, -0.25) is 19.0 Å². The molecule has 0 radical (unpaired) electrons. The summed E-state index contributed by atoms with van der Waals surface area (Å²) >= 11 is 0. The number of rotatable bonds is 1. The van der Waals surface area contributed by atoms with Crippen LogP contribution in [0, 0.1) is 0 Å². The van der Waals surface area contributed by atoms with Crippen LogP contribution in [0.4, 0.5) is 0 Å². The standard InChI is InChI=1S/C10H10N6O2/c1-15-8-6(9(17)16(2)10(15)18)12-7(13-8)5-3-4-11-14-5/h3-4H,1-2H3,(H,11,14)(H,12,13). The molecule has 2 N–H and O–H groups in total. The zero-order valence-electron chi connectivity index (χ0n) is 9.76. The first kappa shape index (κ1) is 10.5. The smallest absolute Gasteiger partial charge is 0.331 e. The van der Waals surface area contributed by atoms with Crippen LogP contribution < -0.4 is 11.2 Å². The number of imidazole rings is 1. The lowest BCUT2D eigenvalue weighted by Gasteiger charge is -2.00. The van der Waals surface area contributed by atoms with E-state index < -0.39 is 11.2 Å². The number of H-pyrrole nitrogens is 2. The van der Waals surface area contributed by atoms with Crippen LogP contribution in [0.3, 0.4) is 0 Å². The third kappa shape index (κ3) is 1.25. The molecule has 0 aliphatic heterocycles. The van der Waals surface area contributed by atoms with Gasteiger partial charge in [-0.1, -0.05) is 0 Å². The van der Waals surface area contributed by atoms with E-state index in [-0.39, 0.29) is 0 Å². The molecule has 0 saturated heterocycles. The molecule has 0 aromatic carbocycles. The maximum absolute atomic E-state index is 11.9. The van der Waals surface area contributed by atoms with E-state index in [2.05, 4.69) is 20.2 Å². The summed E-state index contributed by atoms with van der Waals surface area (Å²) in [5, 5.41) is 6.55. The molecule has 0 unspecified atom stereocenters. The molecule has 18 heavy (non-hydrogen) atoms. The van der Waals surface area contributed by atoms with Gasteiger partial charge in [-0.25, -0.2) is 9.78 Å². The van der Waals surface area contributed by atoms with Crippen LogP contribution >= 0.6 is 0 Å². The topological polar surface area (TPSA) is 101 Å². The van der Waals surface area contributed by atoms with Gasteiger partial charge in [-0.05, 0) is 6.07 Å². The van der Waals surface area contributed by atoms with E-state index in [1.165, 1.54) is 11.6 Å². The highest BCUT2D eigenvalue weighted by Gasteiger charge is 2.14. The lowest BCUT2D eigenvalue weighted by Crippen LogP contribution is -2.36. The van der Waals surface area contributed by atoms with Gasteiger partial charge in [0.05, 0.1) is 0 Å². The van der Waals surface area contributed by atoms with Crippen molar-refractivity contribution in [1.29, 1.82) is 0 Å². The molecule has 0 atom stereocenters. The molecule has 0 aliphatic rings. The van der Waals surface area contributed by atoms with Crippen LogP contribution in [0.1, 0.15) is 0 Å². The van der Waals surface area contributed by atoms with Crippen LogP contribution in [0.25, 0.3) is 22.7 Å². The monoisotopic (exact) mass is 246 g/mol. The Balaban J connectivity index is 2.44. The second-order valence-corrected chi connectivity index (χ2v) is 3.96. The summed E-state index contributed by atoms with van der Waals surface area (Å²) in [4.78, 5) is 30.8. The molecular formula is C10H10N6O2. The number of fused-ring (bicyclic) bond motifs is 1.